The van der Waals surface area contributed by atoms with Crippen molar-refractivity contribution in [2.45, 2.75) is 32.3 Å². The van der Waals surface area contributed by atoms with Crippen molar-refractivity contribution in [3.63, 3.8) is 0 Å². The molecule has 100 valence electrons. The van der Waals surface area contributed by atoms with Crippen LogP contribution in [0.15, 0.2) is 34.7 Å². The molecule has 0 amide bonds. The molecular weight excluding hydrogens is 238 g/mol. The Kier molecular flexibility index (Phi) is 3.30. The average molecular weight is 257 g/mol. The molecule has 2 aromatic rings. The fraction of sp³-hybridized carbons (Fsp3) is 0.375. The maximum absolute atomic E-state index is 5.97. The molecule has 0 bridgehead atoms. The van der Waals surface area contributed by atoms with Crippen molar-refractivity contribution in [1.29, 1.82) is 0 Å². The first-order valence-electron chi connectivity index (χ1n) is 6.81. The monoisotopic (exact) mass is 257 g/mol. The maximum Gasteiger partial charge on any atom is 0.168 e. The molecule has 0 fully saturated rings. The van der Waals surface area contributed by atoms with Crippen molar-refractivity contribution in [1.82, 2.24) is 0 Å². The predicted molar refractivity (Wildman–Crippen MR) is 74.3 cm³/mol. The summed E-state index contributed by atoms with van der Waals surface area (Å²) >= 11 is 0. The van der Waals surface area contributed by atoms with Crippen molar-refractivity contribution < 1.29 is 9.15 Å². The molecule has 3 rings (SSSR count). The molecule has 1 unspecified atom stereocenters. The van der Waals surface area contributed by atoms with Gasteiger partial charge >= 0.3 is 0 Å². The molecule has 0 aliphatic heterocycles. The Bertz CT molecular complexity index is 574. The van der Waals surface area contributed by atoms with E-state index in [1.807, 2.05) is 25.1 Å². The highest BCUT2D eigenvalue weighted by Gasteiger charge is 2.17. The van der Waals surface area contributed by atoms with Gasteiger partial charge < -0.3 is 14.9 Å². The predicted octanol–water partition coefficient (Wildman–Crippen LogP) is 3.16. The Hall–Kier alpha value is -1.74. The molecule has 1 aromatic carbocycles. The number of fused-ring (bicyclic) bond motifs is 1. The van der Waals surface area contributed by atoms with E-state index in [9.17, 15) is 0 Å². The SMILES string of the molecule is Cc1ccc(C(CN)Oc2ccc3c(c2)CCC3)o1. The van der Waals surface area contributed by atoms with Crippen molar-refractivity contribution in [3.8, 4) is 5.75 Å². The van der Waals surface area contributed by atoms with Crippen LogP contribution >= 0.6 is 0 Å². The van der Waals surface area contributed by atoms with Crippen molar-refractivity contribution in [2.24, 2.45) is 5.73 Å². The number of rotatable bonds is 4. The van der Waals surface area contributed by atoms with Gasteiger partial charge in [-0.25, -0.2) is 0 Å². The molecule has 3 heteroatoms. The second kappa shape index (κ2) is 5.10. The second-order valence-corrected chi connectivity index (χ2v) is 5.07. The van der Waals surface area contributed by atoms with Gasteiger partial charge in [-0.3, -0.25) is 0 Å². The van der Waals surface area contributed by atoms with Gasteiger partial charge in [0.05, 0.1) is 0 Å². The lowest BCUT2D eigenvalue weighted by atomic mass is 10.1. The third-order valence-corrected chi connectivity index (χ3v) is 3.64. The summed E-state index contributed by atoms with van der Waals surface area (Å²) in [6, 6.07) is 10.2. The minimum Gasteiger partial charge on any atom is -0.481 e. The average Bonchev–Trinajstić information content (AvgIpc) is 3.04. The topological polar surface area (TPSA) is 48.4 Å². The number of ether oxygens (including phenoxy) is 1. The molecule has 3 nitrogen and oxygen atoms in total. The summed E-state index contributed by atoms with van der Waals surface area (Å²) in [4.78, 5) is 0. The molecule has 1 heterocycles. The molecule has 2 N–H and O–H groups in total. The number of benzene rings is 1. The van der Waals surface area contributed by atoms with Crippen LogP contribution in [0.2, 0.25) is 0 Å². The Morgan fingerprint density at radius 3 is 2.79 bits per heavy atom. The quantitative estimate of drug-likeness (QED) is 0.915. The summed E-state index contributed by atoms with van der Waals surface area (Å²) in [6.07, 6.45) is 3.37. The zero-order valence-electron chi connectivity index (χ0n) is 11.2. The summed E-state index contributed by atoms with van der Waals surface area (Å²) < 4.78 is 11.6. The lowest BCUT2D eigenvalue weighted by molar-refractivity contribution is 0.182. The maximum atomic E-state index is 5.97. The van der Waals surface area contributed by atoms with Gasteiger partial charge in [-0.05, 0) is 61.6 Å². The minimum atomic E-state index is -0.215. The van der Waals surface area contributed by atoms with E-state index in [0.29, 0.717) is 6.54 Å². The first-order valence-corrected chi connectivity index (χ1v) is 6.81. The summed E-state index contributed by atoms with van der Waals surface area (Å²) in [6.45, 7) is 2.33. The third kappa shape index (κ3) is 2.51. The highest BCUT2D eigenvalue weighted by molar-refractivity contribution is 5.38. The molecule has 0 saturated heterocycles. The van der Waals surface area contributed by atoms with Crippen LogP contribution in [0, 0.1) is 6.92 Å². The van der Waals surface area contributed by atoms with Crippen LogP contribution in [-0.2, 0) is 12.8 Å². The zero-order chi connectivity index (χ0) is 13.2. The van der Waals surface area contributed by atoms with E-state index in [2.05, 4.69) is 12.1 Å². The van der Waals surface area contributed by atoms with Crippen LogP contribution in [0.4, 0.5) is 0 Å². The fourth-order valence-electron chi connectivity index (χ4n) is 2.63. The molecule has 1 atom stereocenters. The summed E-state index contributed by atoms with van der Waals surface area (Å²) in [5.74, 6) is 2.55. The van der Waals surface area contributed by atoms with Gasteiger partial charge in [0.2, 0.25) is 0 Å². The third-order valence-electron chi connectivity index (χ3n) is 3.64. The van der Waals surface area contributed by atoms with Gasteiger partial charge in [-0.2, -0.15) is 0 Å². The zero-order valence-corrected chi connectivity index (χ0v) is 11.2. The molecule has 1 aromatic heterocycles. The van der Waals surface area contributed by atoms with Crippen molar-refractivity contribution >= 4 is 0 Å². The van der Waals surface area contributed by atoms with E-state index in [-0.39, 0.29) is 6.10 Å². The Morgan fingerprint density at radius 2 is 2.05 bits per heavy atom. The molecule has 0 radical (unpaired) electrons. The molecule has 0 spiro atoms. The first kappa shape index (κ1) is 12.3. The summed E-state index contributed by atoms with van der Waals surface area (Å²) in [7, 11) is 0. The fourth-order valence-corrected chi connectivity index (χ4v) is 2.63. The highest BCUT2D eigenvalue weighted by atomic mass is 16.5. The second-order valence-electron chi connectivity index (χ2n) is 5.07. The number of furan rings is 1. The van der Waals surface area contributed by atoms with Gasteiger partial charge in [0, 0.05) is 6.54 Å². The van der Waals surface area contributed by atoms with E-state index < -0.39 is 0 Å². The lowest BCUT2D eigenvalue weighted by Crippen LogP contribution is -2.18. The van der Waals surface area contributed by atoms with E-state index in [4.69, 9.17) is 14.9 Å². The van der Waals surface area contributed by atoms with E-state index in [1.165, 1.54) is 24.0 Å². The first-order chi connectivity index (χ1) is 9.26. The van der Waals surface area contributed by atoms with E-state index >= 15 is 0 Å². The summed E-state index contributed by atoms with van der Waals surface area (Å²) in [5, 5.41) is 0. The standard InChI is InChI=1S/C16H19NO2/c1-11-5-8-15(18-11)16(10-17)19-14-7-6-12-3-2-4-13(12)9-14/h5-9,16H,2-4,10,17H2,1H3. The van der Waals surface area contributed by atoms with Crippen molar-refractivity contribution in [2.75, 3.05) is 6.54 Å². The Labute approximate surface area is 113 Å². The van der Waals surface area contributed by atoms with Crippen LogP contribution in [0.1, 0.15) is 35.2 Å². The van der Waals surface area contributed by atoms with Crippen LogP contribution in [0.3, 0.4) is 0 Å². The Balaban J connectivity index is 1.79. The van der Waals surface area contributed by atoms with Gasteiger partial charge in [0.25, 0.3) is 0 Å². The van der Waals surface area contributed by atoms with E-state index in [0.717, 1.165) is 23.7 Å². The molecule has 19 heavy (non-hydrogen) atoms. The van der Waals surface area contributed by atoms with E-state index in [1.54, 1.807) is 0 Å². The van der Waals surface area contributed by atoms with Gasteiger partial charge in [-0.15, -0.1) is 0 Å². The number of nitrogens with two attached hydrogens (primary N) is 1. The lowest BCUT2D eigenvalue weighted by Gasteiger charge is -2.16. The van der Waals surface area contributed by atoms with Crippen LogP contribution in [0.25, 0.3) is 0 Å². The van der Waals surface area contributed by atoms with Crippen LogP contribution in [-0.4, -0.2) is 6.54 Å². The van der Waals surface area contributed by atoms with Gasteiger partial charge in [0.15, 0.2) is 6.10 Å². The number of hydrogen-bond acceptors (Lipinski definition) is 3. The summed E-state index contributed by atoms with van der Waals surface area (Å²) in [5.41, 5.74) is 8.65. The molecule has 1 aliphatic carbocycles. The Morgan fingerprint density at radius 1 is 1.21 bits per heavy atom. The molecule has 1 aliphatic rings. The largest absolute Gasteiger partial charge is 0.481 e. The van der Waals surface area contributed by atoms with Gasteiger partial charge in [-0.1, -0.05) is 6.07 Å². The highest BCUT2D eigenvalue weighted by Crippen LogP contribution is 2.29. The number of hydrogen-bond donors (Lipinski definition) is 1. The van der Waals surface area contributed by atoms with Crippen LogP contribution < -0.4 is 10.5 Å². The number of aryl methyl sites for hydroxylation is 3. The van der Waals surface area contributed by atoms with Crippen LogP contribution in [0.5, 0.6) is 5.75 Å². The smallest absolute Gasteiger partial charge is 0.168 e. The normalized spacial score (nSPS) is 15.3. The van der Waals surface area contributed by atoms with Gasteiger partial charge in [0.1, 0.15) is 17.3 Å². The molecule has 0 saturated carbocycles. The molecular formula is C16H19NO2. The minimum absolute atomic E-state index is 0.215. The van der Waals surface area contributed by atoms with Crippen molar-refractivity contribution in [3.05, 3.63) is 53.0 Å².